The van der Waals surface area contributed by atoms with E-state index in [1.807, 2.05) is 18.2 Å². The Morgan fingerprint density at radius 1 is 1.56 bits per heavy atom. The van der Waals surface area contributed by atoms with E-state index in [0.717, 1.165) is 15.8 Å². The lowest BCUT2D eigenvalue weighted by molar-refractivity contribution is -0.133. The normalized spacial score (nSPS) is 20.4. The minimum absolute atomic E-state index is 0.0765. The van der Waals surface area contributed by atoms with E-state index in [1.54, 1.807) is 7.11 Å². The highest BCUT2D eigenvalue weighted by Crippen LogP contribution is 2.30. The summed E-state index contributed by atoms with van der Waals surface area (Å²) in [5, 5.41) is 2.77. The summed E-state index contributed by atoms with van der Waals surface area (Å²) in [6, 6.07) is 5.75. The highest BCUT2D eigenvalue weighted by molar-refractivity contribution is 9.10. The van der Waals surface area contributed by atoms with E-state index < -0.39 is 0 Å². The molecule has 1 N–H and O–H groups in total. The Kier molecular flexibility index (Phi) is 3.46. The van der Waals surface area contributed by atoms with E-state index in [9.17, 15) is 4.79 Å². The van der Waals surface area contributed by atoms with Crippen molar-refractivity contribution in [1.29, 1.82) is 0 Å². The van der Waals surface area contributed by atoms with Crippen LogP contribution in [0.15, 0.2) is 22.7 Å². The maximum atomic E-state index is 11.0. The molecule has 0 radical (unpaired) electrons. The van der Waals surface area contributed by atoms with Crippen molar-refractivity contribution < 1.29 is 14.3 Å². The average molecular weight is 286 g/mol. The first-order valence-electron chi connectivity index (χ1n) is 4.92. The number of hydrogen-bond donors (Lipinski definition) is 1. The van der Waals surface area contributed by atoms with Crippen LogP contribution in [-0.2, 0) is 9.53 Å². The van der Waals surface area contributed by atoms with Gasteiger partial charge in [0.05, 0.1) is 7.11 Å². The summed E-state index contributed by atoms with van der Waals surface area (Å²) in [4.78, 5) is 11.0. The molecule has 0 saturated carbocycles. The summed E-state index contributed by atoms with van der Waals surface area (Å²) in [5.74, 6) is 0.683. The van der Waals surface area contributed by atoms with Crippen molar-refractivity contribution in [3.8, 4) is 5.75 Å². The average Bonchev–Trinajstić information content (AvgIpc) is 2.30. The summed E-state index contributed by atoms with van der Waals surface area (Å²) >= 11 is 3.38. The first-order chi connectivity index (χ1) is 7.70. The fraction of sp³-hybridized carbons (Fsp3) is 0.364. The zero-order valence-electron chi connectivity index (χ0n) is 8.83. The maximum Gasteiger partial charge on any atom is 0.246 e. The highest BCUT2D eigenvalue weighted by Gasteiger charge is 2.22. The van der Waals surface area contributed by atoms with Gasteiger partial charge >= 0.3 is 0 Å². The molecule has 0 aromatic heterocycles. The Bertz CT molecular complexity index is 398. The molecule has 16 heavy (non-hydrogen) atoms. The number of amides is 1. The van der Waals surface area contributed by atoms with Gasteiger partial charge in [-0.05, 0) is 12.1 Å². The molecule has 0 aliphatic carbocycles. The Labute approximate surface area is 102 Å². The van der Waals surface area contributed by atoms with Crippen LogP contribution in [0.25, 0.3) is 0 Å². The molecule has 0 spiro atoms. The summed E-state index contributed by atoms with van der Waals surface area (Å²) in [7, 11) is 1.62. The van der Waals surface area contributed by atoms with Gasteiger partial charge in [-0.3, -0.25) is 4.79 Å². The molecule has 1 aromatic rings. The molecule has 1 aromatic carbocycles. The molecule has 1 aliphatic heterocycles. The highest BCUT2D eigenvalue weighted by atomic mass is 79.9. The third kappa shape index (κ3) is 2.36. The van der Waals surface area contributed by atoms with Gasteiger partial charge in [0.15, 0.2) is 0 Å². The van der Waals surface area contributed by atoms with Gasteiger partial charge in [0.1, 0.15) is 18.5 Å². The molecule has 86 valence electrons. The zero-order chi connectivity index (χ0) is 11.5. The Morgan fingerprint density at radius 2 is 2.38 bits per heavy atom. The maximum absolute atomic E-state index is 11.0. The molecule has 1 atom stereocenters. The second-order valence-corrected chi connectivity index (χ2v) is 4.41. The number of nitrogens with one attached hydrogen (secondary N) is 1. The largest absolute Gasteiger partial charge is 0.496 e. The lowest BCUT2D eigenvalue weighted by Crippen LogP contribution is -2.38. The van der Waals surface area contributed by atoms with Crippen LogP contribution in [0.4, 0.5) is 0 Å². The molecular weight excluding hydrogens is 274 g/mol. The van der Waals surface area contributed by atoms with E-state index in [1.165, 1.54) is 0 Å². The SMILES string of the molecule is COc1cc(Br)ccc1C1CNC(=O)CO1. The number of methoxy groups -OCH3 is 1. The number of rotatable bonds is 2. The van der Waals surface area contributed by atoms with Crippen molar-refractivity contribution in [1.82, 2.24) is 5.32 Å². The second kappa shape index (κ2) is 4.84. The summed E-state index contributed by atoms with van der Waals surface area (Å²) in [5.41, 5.74) is 0.950. The van der Waals surface area contributed by atoms with Crippen molar-refractivity contribution in [3.05, 3.63) is 28.2 Å². The fourth-order valence-electron chi connectivity index (χ4n) is 1.64. The number of ether oxygens (including phenoxy) is 2. The van der Waals surface area contributed by atoms with E-state index >= 15 is 0 Å². The first kappa shape index (κ1) is 11.4. The van der Waals surface area contributed by atoms with Crippen molar-refractivity contribution >= 4 is 21.8 Å². The molecule has 5 heteroatoms. The zero-order valence-corrected chi connectivity index (χ0v) is 10.4. The van der Waals surface area contributed by atoms with Crippen LogP contribution in [0.1, 0.15) is 11.7 Å². The third-order valence-electron chi connectivity index (χ3n) is 2.44. The summed E-state index contributed by atoms with van der Waals surface area (Å²) in [6.45, 7) is 0.584. The number of morpholine rings is 1. The number of hydrogen-bond acceptors (Lipinski definition) is 3. The lowest BCUT2D eigenvalue weighted by Gasteiger charge is -2.24. The van der Waals surface area contributed by atoms with Gasteiger partial charge in [-0.1, -0.05) is 22.0 Å². The van der Waals surface area contributed by atoms with E-state index in [4.69, 9.17) is 9.47 Å². The van der Waals surface area contributed by atoms with Crippen LogP contribution in [0.2, 0.25) is 0 Å². The monoisotopic (exact) mass is 285 g/mol. The van der Waals surface area contributed by atoms with Crippen LogP contribution >= 0.6 is 15.9 Å². The molecule has 1 heterocycles. The molecule has 1 unspecified atom stereocenters. The van der Waals surface area contributed by atoms with Gasteiger partial charge in [0, 0.05) is 16.6 Å². The quantitative estimate of drug-likeness (QED) is 0.899. The Morgan fingerprint density at radius 3 is 3.00 bits per heavy atom. The molecule has 4 nitrogen and oxygen atoms in total. The van der Waals surface area contributed by atoms with Crippen LogP contribution in [0, 0.1) is 0 Å². The first-order valence-corrected chi connectivity index (χ1v) is 5.71. The predicted molar refractivity (Wildman–Crippen MR) is 62.4 cm³/mol. The standard InChI is InChI=1S/C11H12BrNO3/c1-15-9-4-7(12)2-3-8(9)10-5-13-11(14)6-16-10/h2-4,10H,5-6H2,1H3,(H,13,14). The van der Waals surface area contributed by atoms with Gasteiger partial charge in [-0.2, -0.15) is 0 Å². The molecule has 2 rings (SSSR count). The van der Waals surface area contributed by atoms with Crippen LogP contribution in [0.5, 0.6) is 5.75 Å². The minimum Gasteiger partial charge on any atom is -0.496 e. The van der Waals surface area contributed by atoms with Crippen LogP contribution in [-0.4, -0.2) is 26.2 Å². The Hall–Kier alpha value is -1.07. The molecular formula is C11H12BrNO3. The number of carbonyl (C=O) groups is 1. The molecule has 0 bridgehead atoms. The summed E-state index contributed by atoms with van der Waals surface area (Å²) < 4.78 is 11.7. The van der Waals surface area contributed by atoms with Gasteiger partial charge < -0.3 is 14.8 Å². The van der Waals surface area contributed by atoms with Gasteiger partial charge in [0.2, 0.25) is 5.91 Å². The summed E-state index contributed by atoms with van der Waals surface area (Å²) in [6.07, 6.45) is -0.138. The third-order valence-corrected chi connectivity index (χ3v) is 2.94. The minimum atomic E-state index is -0.138. The molecule has 1 aliphatic rings. The fourth-order valence-corrected chi connectivity index (χ4v) is 1.98. The molecule has 1 fully saturated rings. The number of carbonyl (C=O) groups excluding carboxylic acids is 1. The van der Waals surface area contributed by atoms with E-state index in [-0.39, 0.29) is 18.6 Å². The topological polar surface area (TPSA) is 47.6 Å². The van der Waals surface area contributed by atoms with E-state index in [2.05, 4.69) is 21.2 Å². The lowest BCUT2D eigenvalue weighted by atomic mass is 10.1. The molecule has 1 amide bonds. The predicted octanol–water partition coefficient (Wildman–Crippen LogP) is 1.65. The van der Waals surface area contributed by atoms with Crippen molar-refractivity contribution in [3.63, 3.8) is 0 Å². The van der Waals surface area contributed by atoms with Gasteiger partial charge in [0.25, 0.3) is 0 Å². The van der Waals surface area contributed by atoms with E-state index in [0.29, 0.717) is 6.54 Å². The smallest absolute Gasteiger partial charge is 0.246 e. The van der Waals surface area contributed by atoms with Crippen LogP contribution < -0.4 is 10.1 Å². The van der Waals surface area contributed by atoms with Crippen molar-refractivity contribution in [2.45, 2.75) is 6.10 Å². The van der Waals surface area contributed by atoms with Gasteiger partial charge in [-0.15, -0.1) is 0 Å². The molecule has 1 saturated heterocycles. The van der Waals surface area contributed by atoms with Crippen molar-refractivity contribution in [2.75, 3.05) is 20.3 Å². The number of benzene rings is 1. The van der Waals surface area contributed by atoms with Gasteiger partial charge in [-0.25, -0.2) is 0 Å². The van der Waals surface area contributed by atoms with Crippen molar-refractivity contribution in [2.24, 2.45) is 0 Å². The Balaban J connectivity index is 2.22. The van der Waals surface area contributed by atoms with Crippen LogP contribution in [0.3, 0.4) is 0 Å². The second-order valence-electron chi connectivity index (χ2n) is 3.49. The number of halogens is 1.